The Balaban J connectivity index is 1.87. The molecule has 0 fully saturated rings. The maximum absolute atomic E-state index is 9.92. The van der Waals surface area contributed by atoms with Crippen molar-refractivity contribution in [2.45, 2.75) is 32.4 Å². The molecule has 114 valence electrons. The molecule has 0 aliphatic rings. The van der Waals surface area contributed by atoms with Crippen molar-refractivity contribution in [3.8, 4) is 16.2 Å². The Morgan fingerprint density at radius 3 is 2.86 bits per heavy atom. The van der Waals surface area contributed by atoms with Crippen LogP contribution < -0.4 is 10.1 Å². The number of hydrogen-bond acceptors (Lipinski definition) is 6. The summed E-state index contributed by atoms with van der Waals surface area (Å²) in [6, 6.07) is 7.71. The lowest BCUT2D eigenvalue weighted by Crippen LogP contribution is -2.42. The highest BCUT2D eigenvalue weighted by Crippen LogP contribution is 2.25. The van der Waals surface area contributed by atoms with Crippen LogP contribution in [0, 0.1) is 0 Å². The fourth-order valence-electron chi connectivity index (χ4n) is 1.71. The maximum atomic E-state index is 9.92. The van der Waals surface area contributed by atoms with Crippen LogP contribution in [0.5, 0.6) is 5.75 Å². The fraction of sp³-hybridized carbons (Fsp3) is 0.467. The van der Waals surface area contributed by atoms with Gasteiger partial charge in [0.15, 0.2) is 0 Å². The average Bonchev–Trinajstić information content (AvgIpc) is 2.96. The van der Waals surface area contributed by atoms with Crippen molar-refractivity contribution in [2.24, 2.45) is 0 Å². The number of hydrogen-bond donors (Lipinski definition) is 2. The van der Waals surface area contributed by atoms with Crippen LogP contribution in [0.1, 0.15) is 20.8 Å². The van der Waals surface area contributed by atoms with Gasteiger partial charge in [0, 0.05) is 12.1 Å². The standard InChI is InChI=1S/C15H21N3O2S/c1-15(2,3)16-8-12(19)10-20-13-6-4-5-11(7-13)14-9-17-18-21-14/h4-7,9,12,16,19H,8,10H2,1-3H3. The van der Waals surface area contributed by atoms with Crippen LogP contribution in [-0.2, 0) is 0 Å². The number of rotatable bonds is 6. The number of nitrogens with one attached hydrogen (secondary N) is 1. The molecule has 0 saturated heterocycles. The molecule has 21 heavy (non-hydrogen) atoms. The van der Waals surface area contributed by atoms with Gasteiger partial charge in [-0.05, 0) is 50.0 Å². The molecule has 2 rings (SSSR count). The van der Waals surface area contributed by atoms with Gasteiger partial charge in [-0.1, -0.05) is 16.6 Å². The summed E-state index contributed by atoms with van der Waals surface area (Å²) in [4.78, 5) is 0.996. The molecule has 0 aliphatic carbocycles. The highest BCUT2D eigenvalue weighted by Gasteiger charge is 2.12. The average molecular weight is 307 g/mol. The summed E-state index contributed by atoms with van der Waals surface area (Å²) >= 11 is 1.34. The molecule has 2 aromatic rings. The van der Waals surface area contributed by atoms with Crippen LogP contribution in [0.2, 0.25) is 0 Å². The molecular weight excluding hydrogens is 286 g/mol. The summed E-state index contributed by atoms with van der Waals surface area (Å²) in [5, 5.41) is 17.0. The molecule has 5 nitrogen and oxygen atoms in total. The minimum Gasteiger partial charge on any atom is -0.491 e. The van der Waals surface area contributed by atoms with Crippen molar-refractivity contribution in [2.75, 3.05) is 13.2 Å². The van der Waals surface area contributed by atoms with Crippen LogP contribution in [-0.4, -0.2) is 39.5 Å². The molecule has 1 heterocycles. The Morgan fingerprint density at radius 1 is 1.38 bits per heavy atom. The Kier molecular flexibility index (Phi) is 5.27. The van der Waals surface area contributed by atoms with Crippen LogP contribution in [0.25, 0.3) is 10.4 Å². The Hall–Kier alpha value is -1.50. The van der Waals surface area contributed by atoms with E-state index >= 15 is 0 Å². The van der Waals surface area contributed by atoms with Crippen LogP contribution in [0.15, 0.2) is 30.5 Å². The third-order valence-electron chi connectivity index (χ3n) is 2.79. The van der Waals surface area contributed by atoms with E-state index in [2.05, 4.69) is 35.7 Å². The second kappa shape index (κ2) is 6.98. The first kappa shape index (κ1) is 15.9. The van der Waals surface area contributed by atoms with E-state index in [1.807, 2.05) is 24.3 Å². The number of aliphatic hydroxyl groups excluding tert-OH is 1. The van der Waals surface area contributed by atoms with Crippen molar-refractivity contribution in [3.63, 3.8) is 0 Å². The van der Waals surface area contributed by atoms with Crippen molar-refractivity contribution in [1.82, 2.24) is 14.9 Å². The zero-order chi connectivity index (χ0) is 15.3. The van der Waals surface area contributed by atoms with E-state index in [1.54, 1.807) is 6.20 Å². The molecule has 0 radical (unpaired) electrons. The molecule has 1 aromatic heterocycles. The van der Waals surface area contributed by atoms with Gasteiger partial charge in [-0.25, -0.2) is 0 Å². The van der Waals surface area contributed by atoms with Crippen LogP contribution in [0.4, 0.5) is 0 Å². The second-order valence-corrected chi connectivity index (χ2v) is 6.69. The normalized spacial score (nSPS) is 13.1. The minimum atomic E-state index is -0.544. The van der Waals surface area contributed by atoms with Gasteiger partial charge in [-0.3, -0.25) is 0 Å². The van der Waals surface area contributed by atoms with E-state index in [1.165, 1.54) is 11.5 Å². The monoisotopic (exact) mass is 307 g/mol. The molecule has 1 aromatic carbocycles. The van der Waals surface area contributed by atoms with Crippen molar-refractivity contribution in [1.29, 1.82) is 0 Å². The maximum Gasteiger partial charge on any atom is 0.120 e. The third kappa shape index (κ3) is 5.41. The number of nitrogens with zero attached hydrogens (tertiary/aromatic N) is 2. The number of β-amino-alcohol motifs (C(OH)–C–C–N with tert-alkyl or cyclic N) is 1. The van der Waals surface area contributed by atoms with Crippen LogP contribution >= 0.6 is 11.5 Å². The number of aromatic nitrogens is 2. The molecule has 0 spiro atoms. The van der Waals surface area contributed by atoms with Gasteiger partial charge in [0.05, 0.1) is 11.1 Å². The summed E-state index contributed by atoms with van der Waals surface area (Å²) in [6.45, 7) is 6.95. The summed E-state index contributed by atoms with van der Waals surface area (Å²) in [5.41, 5.74) is 1.00. The molecule has 1 unspecified atom stereocenters. The Bertz CT molecular complexity index is 552. The molecule has 1 atom stereocenters. The fourth-order valence-corrected chi connectivity index (χ4v) is 2.22. The first-order valence-corrected chi connectivity index (χ1v) is 7.65. The van der Waals surface area contributed by atoms with E-state index in [0.717, 1.165) is 16.2 Å². The predicted octanol–water partition coefficient (Wildman–Crippen LogP) is 2.33. The molecule has 2 N–H and O–H groups in total. The lowest BCUT2D eigenvalue weighted by Gasteiger charge is -2.23. The first-order valence-electron chi connectivity index (χ1n) is 6.88. The van der Waals surface area contributed by atoms with Gasteiger partial charge < -0.3 is 15.2 Å². The molecule has 0 bridgehead atoms. The lowest BCUT2D eigenvalue weighted by molar-refractivity contribution is 0.100. The second-order valence-electron chi connectivity index (χ2n) is 5.91. The third-order valence-corrected chi connectivity index (χ3v) is 3.50. The summed E-state index contributed by atoms with van der Waals surface area (Å²) in [7, 11) is 0. The topological polar surface area (TPSA) is 67.3 Å². The zero-order valence-corrected chi connectivity index (χ0v) is 13.4. The highest BCUT2D eigenvalue weighted by atomic mass is 32.1. The predicted molar refractivity (Wildman–Crippen MR) is 84.6 cm³/mol. The first-order chi connectivity index (χ1) is 9.94. The van der Waals surface area contributed by atoms with E-state index < -0.39 is 6.10 Å². The number of benzene rings is 1. The Morgan fingerprint density at radius 2 is 2.19 bits per heavy atom. The molecule has 0 aliphatic heterocycles. The van der Waals surface area contributed by atoms with E-state index in [9.17, 15) is 5.11 Å². The van der Waals surface area contributed by atoms with Crippen molar-refractivity contribution < 1.29 is 9.84 Å². The van der Waals surface area contributed by atoms with E-state index in [4.69, 9.17) is 4.74 Å². The zero-order valence-electron chi connectivity index (χ0n) is 12.5. The van der Waals surface area contributed by atoms with Gasteiger partial charge in [0.1, 0.15) is 18.5 Å². The van der Waals surface area contributed by atoms with Gasteiger partial charge in [-0.2, -0.15) is 0 Å². The summed E-state index contributed by atoms with van der Waals surface area (Å²) in [5.74, 6) is 0.732. The van der Waals surface area contributed by atoms with Crippen molar-refractivity contribution in [3.05, 3.63) is 30.5 Å². The molecule has 0 saturated carbocycles. The van der Waals surface area contributed by atoms with E-state index in [-0.39, 0.29) is 12.1 Å². The van der Waals surface area contributed by atoms with Gasteiger partial charge >= 0.3 is 0 Å². The molecule has 6 heteroatoms. The molecular formula is C15H21N3O2S. The minimum absolute atomic E-state index is 0.0138. The Labute approximate surface area is 129 Å². The number of aliphatic hydroxyl groups is 1. The summed E-state index contributed by atoms with van der Waals surface area (Å²) in [6.07, 6.45) is 1.18. The summed E-state index contributed by atoms with van der Waals surface area (Å²) < 4.78 is 9.50. The smallest absolute Gasteiger partial charge is 0.120 e. The van der Waals surface area contributed by atoms with Gasteiger partial charge in [0.2, 0.25) is 0 Å². The largest absolute Gasteiger partial charge is 0.491 e. The molecule has 0 amide bonds. The van der Waals surface area contributed by atoms with Gasteiger partial charge in [0.25, 0.3) is 0 Å². The van der Waals surface area contributed by atoms with E-state index in [0.29, 0.717) is 6.54 Å². The van der Waals surface area contributed by atoms with Gasteiger partial charge in [-0.15, -0.1) is 5.10 Å². The van der Waals surface area contributed by atoms with Crippen LogP contribution in [0.3, 0.4) is 0 Å². The highest BCUT2D eigenvalue weighted by molar-refractivity contribution is 7.09. The van der Waals surface area contributed by atoms with Crippen molar-refractivity contribution >= 4 is 11.5 Å². The SMILES string of the molecule is CC(C)(C)NCC(O)COc1cccc(-c2cnns2)c1. The lowest BCUT2D eigenvalue weighted by atomic mass is 10.1. The number of ether oxygens (including phenoxy) is 1. The quantitative estimate of drug-likeness (QED) is 0.857.